The molecule has 1 aromatic carbocycles. The predicted octanol–water partition coefficient (Wildman–Crippen LogP) is 2.69. The van der Waals surface area contributed by atoms with Crippen molar-refractivity contribution in [2.75, 3.05) is 23.5 Å². The van der Waals surface area contributed by atoms with Crippen LogP contribution >= 0.6 is 34.6 Å². The van der Waals surface area contributed by atoms with E-state index in [1.807, 2.05) is 0 Å². The number of carbonyl (C=O) groups excluding carboxylic acids is 2. The fourth-order valence-electron chi connectivity index (χ4n) is 1.91. The lowest BCUT2D eigenvalue weighted by atomic mass is 10.3. The van der Waals surface area contributed by atoms with Crippen LogP contribution in [0.25, 0.3) is 0 Å². The van der Waals surface area contributed by atoms with E-state index in [1.54, 1.807) is 38.3 Å². The number of aromatic nitrogens is 4. The quantitative estimate of drug-likeness (QED) is 0.441. The maximum atomic E-state index is 12.1. The summed E-state index contributed by atoms with van der Waals surface area (Å²) in [5.41, 5.74) is 1.24. The summed E-state index contributed by atoms with van der Waals surface area (Å²) in [5, 5.41) is 17.5. The number of methoxy groups -OCH3 is 1. The van der Waals surface area contributed by atoms with Crippen LogP contribution in [0.3, 0.4) is 0 Å². The van der Waals surface area contributed by atoms with Crippen LogP contribution in [-0.4, -0.2) is 44.5 Å². The largest absolute Gasteiger partial charge is 0.497 e. The Morgan fingerprint density at radius 1 is 1.15 bits per heavy atom. The first-order valence-corrected chi connectivity index (χ1v) is 10.1. The van der Waals surface area contributed by atoms with Gasteiger partial charge < -0.3 is 10.1 Å². The molecule has 2 heterocycles. The Kier molecular flexibility index (Phi) is 6.32. The van der Waals surface area contributed by atoms with Crippen molar-refractivity contribution in [3.8, 4) is 5.75 Å². The highest BCUT2D eigenvalue weighted by molar-refractivity contribution is 8.01. The molecule has 0 radical (unpaired) electrons. The first-order valence-electron chi connectivity index (χ1n) is 7.55. The van der Waals surface area contributed by atoms with Crippen LogP contribution in [0, 0.1) is 6.92 Å². The summed E-state index contributed by atoms with van der Waals surface area (Å²) in [7, 11) is 1.58. The SMILES string of the molecule is COc1ccc(NC(=O)CSc2nnc(NC(=O)c3snnc3C)s2)cc1. The average molecular weight is 423 g/mol. The number of benzene rings is 1. The van der Waals surface area contributed by atoms with Crippen LogP contribution in [0.1, 0.15) is 15.4 Å². The lowest BCUT2D eigenvalue weighted by molar-refractivity contribution is -0.113. The average Bonchev–Trinajstić information content (AvgIpc) is 3.29. The van der Waals surface area contributed by atoms with E-state index in [1.165, 1.54) is 23.1 Å². The van der Waals surface area contributed by atoms with Gasteiger partial charge in [0.05, 0.1) is 18.6 Å². The fraction of sp³-hybridized carbons (Fsp3) is 0.200. The highest BCUT2D eigenvalue weighted by atomic mass is 32.2. The van der Waals surface area contributed by atoms with Crippen molar-refractivity contribution in [3.63, 3.8) is 0 Å². The smallest absolute Gasteiger partial charge is 0.271 e. The van der Waals surface area contributed by atoms with Crippen LogP contribution in [0.5, 0.6) is 5.75 Å². The minimum Gasteiger partial charge on any atom is -0.497 e. The first kappa shape index (κ1) is 19.2. The summed E-state index contributed by atoms with van der Waals surface area (Å²) in [5.74, 6) is 0.395. The second kappa shape index (κ2) is 8.88. The van der Waals surface area contributed by atoms with Gasteiger partial charge >= 0.3 is 0 Å². The van der Waals surface area contributed by atoms with E-state index in [0.717, 1.165) is 17.3 Å². The summed E-state index contributed by atoms with van der Waals surface area (Å²) in [6.07, 6.45) is 0. The monoisotopic (exact) mass is 422 g/mol. The van der Waals surface area contributed by atoms with Gasteiger partial charge in [0, 0.05) is 5.69 Å². The van der Waals surface area contributed by atoms with Crippen LogP contribution in [-0.2, 0) is 4.79 Å². The van der Waals surface area contributed by atoms with Crippen molar-refractivity contribution in [2.45, 2.75) is 11.3 Å². The number of rotatable bonds is 7. The van der Waals surface area contributed by atoms with E-state index in [2.05, 4.69) is 30.4 Å². The second-order valence-corrected chi connectivity index (χ2v) is 8.03. The number of nitrogens with one attached hydrogen (secondary N) is 2. The lowest BCUT2D eigenvalue weighted by Gasteiger charge is -2.05. The van der Waals surface area contributed by atoms with Gasteiger partial charge in [-0.3, -0.25) is 14.9 Å². The molecular formula is C15H14N6O3S3. The molecule has 9 nitrogen and oxygen atoms in total. The molecule has 2 aromatic heterocycles. The molecule has 0 bridgehead atoms. The summed E-state index contributed by atoms with van der Waals surface area (Å²) in [4.78, 5) is 24.6. The molecule has 0 spiro atoms. The minimum absolute atomic E-state index is 0.169. The van der Waals surface area contributed by atoms with Gasteiger partial charge in [0.25, 0.3) is 5.91 Å². The van der Waals surface area contributed by atoms with Gasteiger partial charge in [-0.25, -0.2) is 0 Å². The number of anilines is 2. The van der Waals surface area contributed by atoms with Gasteiger partial charge in [-0.15, -0.1) is 15.3 Å². The topological polar surface area (TPSA) is 119 Å². The van der Waals surface area contributed by atoms with Crippen molar-refractivity contribution >= 4 is 57.3 Å². The molecule has 0 fully saturated rings. The zero-order chi connectivity index (χ0) is 19.2. The van der Waals surface area contributed by atoms with Crippen molar-refractivity contribution in [1.29, 1.82) is 0 Å². The van der Waals surface area contributed by atoms with Gasteiger partial charge in [0.15, 0.2) is 4.34 Å². The number of amides is 2. The van der Waals surface area contributed by atoms with Crippen molar-refractivity contribution < 1.29 is 14.3 Å². The van der Waals surface area contributed by atoms with E-state index < -0.39 is 0 Å². The highest BCUT2D eigenvalue weighted by Gasteiger charge is 2.16. The zero-order valence-electron chi connectivity index (χ0n) is 14.3. The van der Waals surface area contributed by atoms with Gasteiger partial charge in [-0.05, 0) is 42.7 Å². The molecule has 0 unspecified atom stereocenters. The van der Waals surface area contributed by atoms with E-state index >= 15 is 0 Å². The van der Waals surface area contributed by atoms with Crippen molar-refractivity contribution in [1.82, 2.24) is 19.8 Å². The molecule has 3 rings (SSSR count). The van der Waals surface area contributed by atoms with E-state index in [-0.39, 0.29) is 17.6 Å². The molecule has 0 aliphatic heterocycles. The van der Waals surface area contributed by atoms with Gasteiger partial charge in [0.1, 0.15) is 10.6 Å². The third-order valence-corrected chi connectivity index (χ3v) is 5.98. The lowest BCUT2D eigenvalue weighted by Crippen LogP contribution is -2.13. The van der Waals surface area contributed by atoms with Crippen LogP contribution in [0.4, 0.5) is 10.8 Å². The normalized spacial score (nSPS) is 10.4. The molecule has 0 aliphatic carbocycles. The minimum atomic E-state index is -0.326. The molecular weight excluding hydrogens is 408 g/mol. The Balaban J connectivity index is 1.49. The third-order valence-electron chi connectivity index (χ3n) is 3.19. The second-order valence-electron chi connectivity index (χ2n) is 5.08. The molecule has 2 N–H and O–H groups in total. The molecule has 0 aliphatic rings. The number of thioether (sulfide) groups is 1. The van der Waals surface area contributed by atoms with Gasteiger partial charge in [0.2, 0.25) is 11.0 Å². The number of carbonyl (C=O) groups is 2. The zero-order valence-corrected chi connectivity index (χ0v) is 16.7. The number of aryl methyl sites for hydroxylation is 1. The van der Waals surface area contributed by atoms with E-state index in [4.69, 9.17) is 4.74 Å². The number of hydrogen-bond acceptors (Lipinski definition) is 10. The summed E-state index contributed by atoms with van der Waals surface area (Å²) in [6.45, 7) is 1.71. The summed E-state index contributed by atoms with van der Waals surface area (Å²) < 4.78 is 9.38. The Hall–Kier alpha value is -2.57. The molecule has 12 heteroatoms. The van der Waals surface area contributed by atoms with E-state index in [0.29, 0.717) is 25.7 Å². The number of ether oxygens (including phenoxy) is 1. The summed E-state index contributed by atoms with van der Waals surface area (Å²) >= 11 is 3.45. The third kappa shape index (κ3) is 5.21. The molecule has 0 saturated carbocycles. The first-order chi connectivity index (χ1) is 13.0. The molecule has 3 aromatic rings. The van der Waals surface area contributed by atoms with E-state index in [9.17, 15) is 9.59 Å². The highest BCUT2D eigenvalue weighted by Crippen LogP contribution is 2.26. The molecule has 27 heavy (non-hydrogen) atoms. The Morgan fingerprint density at radius 3 is 2.59 bits per heavy atom. The number of hydrogen-bond donors (Lipinski definition) is 2. The predicted molar refractivity (Wildman–Crippen MR) is 105 cm³/mol. The fourth-order valence-corrected chi connectivity index (χ4v) is 4.01. The maximum Gasteiger partial charge on any atom is 0.271 e. The Labute approximate surface area is 166 Å². The van der Waals surface area contributed by atoms with Crippen LogP contribution < -0.4 is 15.4 Å². The standard InChI is InChI=1S/C15H14N6O3S3/c1-8-12(27-21-18-8)13(23)17-14-19-20-15(26-14)25-7-11(22)16-9-3-5-10(24-2)6-4-9/h3-6H,7H2,1-2H3,(H,16,22)(H,17,19,23). The Bertz CT molecular complexity index is 940. The van der Waals surface area contributed by atoms with Crippen LogP contribution in [0.2, 0.25) is 0 Å². The Morgan fingerprint density at radius 2 is 1.93 bits per heavy atom. The molecule has 2 amide bonds. The molecule has 0 atom stereocenters. The molecule has 140 valence electrons. The molecule has 0 saturated heterocycles. The van der Waals surface area contributed by atoms with Crippen molar-refractivity contribution in [2.24, 2.45) is 0 Å². The van der Waals surface area contributed by atoms with Crippen molar-refractivity contribution in [3.05, 3.63) is 34.8 Å². The van der Waals surface area contributed by atoms with Gasteiger partial charge in [-0.2, -0.15) is 0 Å². The van der Waals surface area contributed by atoms with Crippen LogP contribution in [0.15, 0.2) is 28.6 Å². The maximum absolute atomic E-state index is 12.1. The number of nitrogens with zero attached hydrogens (tertiary/aromatic N) is 4. The summed E-state index contributed by atoms with van der Waals surface area (Å²) in [6, 6.07) is 7.05. The van der Waals surface area contributed by atoms with Gasteiger partial charge in [-0.1, -0.05) is 27.6 Å².